The Labute approximate surface area is 118 Å². The van der Waals surface area contributed by atoms with E-state index in [1.165, 1.54) is 0 Å². The van der Waals surface area contributed by atoms with Crippen LogP contribution < -0.4 is 5.32 Å². The molecule has 0 saturated heterocycles. The number of benzene rings is 2. The van der Waals surface area contributed by atoms with Crippen LogP contribution in [0.1, 0.15) is 29.8 Å². The lowest BCUT2D eigenvalue weighted by atomic mass is 10.0. The van der Waals surface area contributed by atoms with Crippen LogP contribution in [0, 0.1) is 0 Å². The molecule has 0 aliphatic carbocycles. The van der Waals surface area contributed by atoms with Gasteiger partial charge in [-0.15, -0.1) is 0 Å². The van der Waals surface area contributed by atoms with Crippen molar-refractivity contribution in [3.05, 3.63) is 64.7 Å². The quantitative estimate of drug-likeness (QED) is 0.837. The van der Waals surface area contributed by atoms with Crippen LogP contribution in [0.3, 0.4) is 0 Å². The fraction of sp³-hybridized carbons (Fsp3) is 0.188. The van der Waals surface area contributed by atoms with Crippen molar-refractivity contribution < 1.29 is 4.79 Å². The van der Waals surface area contributed by atoms with Gasteiger partial charge in [-0.25, -0.2) is 0 Å². The van der Waals surface area contributed by atoms with Crippen LogP contribution in [-0.2, 0) is 0 Å². The van der Waals surface area contributed by atoms with E-state index in [-0.39, 0.29) is 11.8 Å². The van der Waals surface area contributed by atoms with Crippen LogP contribution in [0.2, 0.25) is 5.02 Å². The highest BCUT2D eigenvalue weighted by atomic mass is 35.5. The minimum absolute atomic E-state index is 0.0220. The van der Waals surface area contributed by atoms with Crippen molar-refractivity contribution in [1.82, 2.24) is 0 Å². The van der Waals surface area contributed by atoms with Crippen molar-refractivity contribution in [1.29, 1.82) is 0 Å². The molecule has 0 heterocycles. The van der Waals surface area contributed by atoms with Gasteiger partial charge in [-0.1, -0.05) is 41.9 Å². The monoisotopic (exact) mass is 273 g/mol. The predicted molar refractivity (Wildman–Crippen MR) is 80.1 cm³/mol. The summed E-state index contributed by atoms with van der Waals surface area (Å²) < 4.78 is 0. The number of ketones is 1. The number of nitrogens with one attached hydrogen (secondary N) is 1. The zero-order valence-corrected chi connectivity index (χ0v) is 11.7. The summed E-state index contributed by atoms with van der Waals surface area (Å²) in [5, 5.41) is 3.84. The average molecular weight is 274 g/mol. The SMILES string of the molecule is CC(C)Nc1ccc(Cl)cc1C(=O)c1ccccc1. The molecule has 0 aliphatic rings. The Balaban J connectivity index is 2.43. The van der Waals surface area contributed by atoms with Crippen LogP contribution >= 0.6 is 11.6 Å². The van der Waals surface area contributed by atoms with E-state index in [0.29, 0.717) is 16.1 Å². The zero-order chi connectivity index (χ0) is 13.8. The Bertz CT molecular complexity index is 579. The van der Waals surface area contributed by atoms with Crippen LogP contribution in [-0.4, -0.2) is 11.8 Å². The highest BCUT2D eigenvalue weighted by Crippen LogP contribution is 2.24. The molecule has 0 amide bonds. The fourth-order valence-electron chi connectivity index (χ4n) is 1.89. The smallest absolute Gasteiger partial charge is 0.195 e. The first-order valence-electron chi connectivity index (χ1n) is 6.24. The van der Waals surface area contributed by atoms with Gasteiger partial charge < -0.3 is 5.32 Å². The second-order valence-electron chi connectivity index (χ2n) is 4.68. The van der Waals surface area contributed by atoms with E-state index in [1.807, 2.05) is 50.2 Å². The zero-order valence-electron chi connectivity index (χ0n) is 11.0. The van der Waals surface area contributed by atoms with Gasteiger partial charge in [0.2, 0.25) is 0 Å². The maximum Gasteiger partial charge on any atom is 0.195 e. The molecular weight excluding hydrogens is 258 g/mol. The Morgan fingerprint density at radius 1 is 1.11 bits per heavy atom. The van der Waals surface area contributed by atoms with Gasteiger partial charge in [0.25, 0.3) is 0 Å². The van der Waals surface area contributed by atoms with Gasteiger partial charge in [-0.2, -0.15) is 0 Å². The summed E-state index contributed by atoms with van der Waals surface area (Å²) in [5.41, 5.74) is 2.08. The molecule has 0 radical (unpaired) electrons. The molecule has 0 spiro atoms. The molecule has 0 unspecified atom stereocenters. The first-order valence-corrected chi connectivity index (χ1v) is 6.61. The molecule has 0 fully saturated rings. The van der Waals surface area contributed by atoms with Gasteiger partial charge >= 0.3 is 0 Å². The summed E-state index contributed by atoms with van der Waals surface area (Å²) in [5.74, 6) is -0.0220. The molecule has 0 aromatic heterocycles. The molecule has 0 saturated carbocycles. The molecule has 2 nitrogen and oxygen atoms in total. The molecule has 2 aromatic rings. The maximum absolute atomic E-state index is 12.5. The van der Waals surface area contributed by atoms with Crippen molar-refractivity contribution in [2.45, 2.75) is 19.9 Å². The molecular formula is C16H16ClNO. The topological polar surface area (TPSA) is 29.1 Å². The Kier molecular flexibility index (Phi) is 4.23. The summed E-state index contributed by atoms with van der Waals surface area (Å²) in [6.07, 6.45) is 0. The van der Waals surface area contributed by atoms with E-state index in [4.69, 9.17) is 11.6 Å². The summed E-state index contributed by atoms with van der Waals surface area (Å²) in [7, 11) is 0. The van der Waals surface area contributed by atoms with Crippen molar-refractivity contribution in [3.63, 3.8) is 0 Å². The molecule has 1 N–H and O–H groups in total. The number of carbonyl (C=O) groups excluding carboxylic acids is 1. The second kappa shape index (κ2) is 5.89. The van der Waals surface area contributed by atoms with E-state index in [9.17, 15) is 4.79 Å². The molecule has 0 bridgehead atoms. The number of anilines is 1. The lowest BCUT2D eigenvalue weighted by Crippen LogP contribution is -2.14. The lowest BCUT2D eigenvalue weighted by molar-refractivity contribution is 0.103. The third-order valence-electron chi connectivity index (χ3n) is 2.71. The average Bonchev–Trinajstić information content (AvgIpc) is 2.40. The number of halogens is 1. The molecule has 3 heteroatoms. The molecule has 0 aliphatic heterocycles. The highest BCUT2D eigenvalue weighted by Gasteiger charge is 2.14. The van der Waals surface area contributed by atoms with Gasteiger partial charge in [0.15, 0.2) is 5.78 Å². The van der Waals surface area contributed by atoms with Gasteiger partial charge in [-0.05, 0) is 32.0 Å². The molecule has 0 atom stereocenters. The Hall–Kier alpha value is -1.80. The first-order chi connectivity index (χ1) is 9.08. The number of carbonyl (C=O) groups is 1. The van der Waals surface area contributed by atoms with Crippen LogP contribution in [0.4, 0.5) is 5.69 Å². The number of hydrogen-bond acceptors (Lipinski definition) is 2. The van der Waals surface area contributed by atoms with Crippen LogP contribution in [0.15, 0.2) is 48.5 Å². The summed E-state index contributed by atoms with van der Waals surface area (Å²) >= 11 is 6.00. The van der Waals surface area contributed by atoms with Crippen LogP contribution in [0.25, 0.3) is 0 Å². The minimum atomic E-state index is -0.0220. The second-order valence-corrected chi connectivity index (χ2v) is 5.12. The Morgan fingerprint density at radius 3 is 2.42 bits per heavy atom. The van der Waals surface area contributed by atoms with E-state index in [2.05, 4.69) is 5.32 Å². The summed E-state index contributed by atoms with van der Waals surface area (Å²) in [4.78, 5) is 12.5. The highest BCUT2D eigenvalue weighted by molar-refractivity contribution is 6.31. The lowest BCUT2D eigenvalue weighted by Gasteiger charge is -2.14. The van der Waals surface area contributed by atoms with Crippen LogP contribution in [0.5, 0.6) is 0 Å². The maximum atomic E-state index is 12.5. The molecule has 2 aromatic carbocycles. The minimum Gasteiger partial charge on any atom is -0.382 e. The van der Waals surface area contributed by atoms with Gasteiger partial charge in [0.05, 0.1) is 0 Å². The van der Waals surface area contributed by atoms with E-state index < -0.39 is 0 Å². The molecule has 19 heavy (non-hydrogen) atoms. The number of hydrogen-bond donors (Lipinski definition) is 1. The Morgan fingerprint density at radius 2 is 1.79 bits per heavy atom. The largest absolute Gasteiger partial charge is 0.382 e. The van der Waals surface area contributed by atoms with Crippen molar-refractivity contribution in [2.75, 3.05) is 5.32 Å². The van der Waals surface area contributed by atoms with Crippen molar-refractivity contribution in [3.8, 4) is 0 Å². The summed E-state index contributed by atoms with van der Waals surface area (Å²) in [6.45, 7) is 4.07. The molecule has 2 rings (SSSR count). The van der Waals surface area contributed by atoms with E-state index in [0.717, 1.165) is 5.69 Å². The van der Waals surface area contributed by atoms with E-state index >= 15 is 0 Å². The fourth-order valence-corrected chi connectivity index (χ4v) is 2.06. The van der Waals surface area contributed by atoms with Gasteiger partial charge in [-0.3, -0.25) is 4.79 Å². The molecule has 98 valence electrons. The normalized spacial score (nSPS) is 10.5. The van der Waals surface area contributed by atoms with Crippen molar-refractivity contribution >= 4 is 23.1 Å². The van der Waals surface area contributed by atoms with E-state index in [1.54, 1.807) is 12.1 Å². The summed E-state index contributed by atoms with van der Waals surface area (Å²) in [6, 6.07) is 14.8. The third kappa shape index (κ3) is 3.36. The predicted octanol–water partition coefficient (Wildman–Crippen LogP) is 4.39. The van der Waals surface area contributed by atoms with Gasteiger partial charge in [0.1, 0.15) is 0 Å². The third-order valence-corrected chi connectivity index (χ3v) is 2.94. The number of rotatable bonds is 4. The first kappa shape index (κ1) is 13.6. The standard InChI is InChI=1S/C16H16ClNO/c1-11(2)18-15-9-8-13(17)10-14(15)16(19)12-6-4-3-5-7-12/h3-11,18H,1-2H3. The van der Waals surface area contributed by atoms with Crippen molar-refractivity contribution in [2.24, 2.45) is 0 Å². The van der Waals surface area contributed by atoms with Gasteiger partial charge in [0, 0.05) is 27.9 Å².